The fraction of sp³-hybridized carbons (Fsp3) is 0.391. The van der Waals surface area contributed by atoms with Gasteiger partial charge in [0.05, 0.1) is 18.3 Å². The van der Waals surface area contributed by atoms with Gasteiger partial charge < -0.3 is 10.1 Å². The third-order valence-electron chi connectivity index (χ3n) is 5.41. The number of rotatable bonds is 8. The normalized spacial score (nSPS) is 16.7. The van der Waals surface area contributed by atoms with E-state index in [9.17, 15) is 0 Å². The van der Waals surface area contributed by atoms with Crippen LogP contribution in [0.4, 0.5) is 11.6 Å². The maximum absolute atomic E-state index is 5.10. The zero-order valence-electron chi connectivity index (χ0n) is 17.6. The minimum atomic E-state index is 0.296. The molecule has 0 bridgehead atoms. The average molecular weight is 405 g/mol. The van der Waals surface area contributed by atoms with E-state index in [2.05, 4.69) is 37.3 Å². The van der Waals surface area contributed by atoms with Gasteiger partial charge in [0.2, 0.25) is 0 Å². The SMILES string of the molecule is COCCc1ncc(CN2CCC[C@H]2c2cccc(Nc3ncccc3C)n2)cn1. The van der Waals surface area contributed by atoms with Gasteiger partial charge >= 0.3 is 0 Å². The van der Waals surface area contributed by atoms with Crippen LogP contribution in [0.1, 0.15) is 41.5 Å². The van der Waals surface area contributed by atoms with Crippen LogP contribution in [-0.4, -0.2) is 45.1 Å². The number of anilines is 2. The number of aromatic nitrogens is 4. The van der Waals surface area contributed by atoms with E-state index in [-0.39, 0.29) is 0 Å². The van der Waals surface area contributed by atoms with E-state index < -0.39 is 0 Å². The van der Waals surface area contributed by atoms with E-state index in [1.165, 1.54) is 0 Å². The number of aryl methyl sites for hydroxylation is 1. The molecule has 1 aliphatic rings. The number of methoxy groups -OCH3 is 1. The molecule has 1 atom stereocenters. The fourth-order valence-corrected chi connectivity index (χ4v) is 3.81. The van der Waals surface area contributed by atoms with Crippen LogP contribution in [0, 0.1) is 6.92 Å². The molecule has 30 heavy (non-hydrogen) atoms. The van der Waals surface area contributed by atoms with E-state index in [4.69, 9.17) is 9.72 Å². The van der Waals surface area contributed by atoms with Crippen LogP contribution in [0.3, 0.4) is 0 Å². The highest BCUT2D eigenvalue weighted by molar-refractivity contribution is 5.55. The lowest BCUT2D eigenvalue weighted by molar-refractivity contribution is 0.200. The van der Waals surface area contributed by atoms with Crippen molar-refractivity contribution in [2.45, 2.75) is 38.8 Å². The van der Waals surface area contributed by atoms with E-state index >= 15 is 0 Å². The number of hydrogen-bond donors (Lipinski definition) is 1. The van der Waals surface area contributed by atoms with E-state index in [0.29, 0.717) is 12.6 Å². The number of likely N-dealkylation sites (tertiary alicyclic amines) is 1. The zero-order chi connectivity index (χ0) is 20.8. The van der Waals surface area contributed by atoms with Gasteiger partial charge in [-0.25, -0.2) is 19.9 Å². The molecule has 4 heterocycles. The Bertz CT molecular complexity index is 962. The Morgan fingerprint density at radius 1 is 1.13 bits per heavy atom. The third-order valence-corrected chi connectivity index (χ3v) is 5.41. The van der Waals surface area contributed by atoms with Gasteiger partial charge in [-0.2, -0.15) is 0 Å². The molecule has 0 aliphatic carbocycles. The first kappa shape index (κ1) is 20.4. The minimum absolute atomic E-state index is 0.296. The largest absolute Gasteiger partial charge is 0.384 e. The number of nitrogens with one attached hydrogen (secondary N) is 1. The van der Waals surface area contributed by atoms with Crippen molar-refractivity contribution in [3.8, 4) is 0 Å². The number of pyridine rings is 2. The van der Waals surface area contributed by atoms with E-state index in [0.717, 1.165) is 66.6 Å². The second-order valence-electron chi connectivity index (χ2n) is 7.62. The summed E-state index contributed by atoms with van der Waals surface area (Å²) in [6.45, 7) is 4.56. The highest BCUT2D eigenvalue weighted by atomic mass is 16.5. The summed E-state index contributed by atoms with van der Waals surface area (Å²) in [5.74, 6) is 2.49. The standard InChI is InChI=1S/C23H28N6O/c1-17-6-4-11-24-23(17)28-22-9-3-7-19(27-22)20-8-5-12-29(20)16-18-14-25-21(26-15-18)10-13-30-2/h3-4,6-7,9,11,14-15,20H,5,8,10,12-13,16H2,1-2H3,(H,24,27,28)/t20-/m0/s1. The Labute approximate surface area is 177 Å². The molecule has 4 rings (SSSR count). The molecular weight excluding hydrogens is 376 g/mol. The van der Waals surface area contributed by atoms with Crippen LogP contribution < -0.4 is 5.32 Å². The molecule has 0 amide bonds. The Balaban J connectivity index is 1.45. The van der Waals surface area contributed by atoms with Crippen molar-refractivity contribution in [3.05, 3.63) is 71.6 Å². The molecule has 156 valence electrons. The van der Waals surface area contributed by atoms with Crippen LogP contribution in [0.15, 0.2) is 48.9 Å². The van der Waals surface area contributed by atoms with Crippen LogP contribution in [-0.2, 0) is 17.7 Å². The van der Waals surface area contributed by atoms with E-state index in [1.54, 1.807) is 13.3 Å². The first-order valence-electron chi connectivity index (χ1n) is 10.4. The summed E-state index contributed by atoms with van der Waals surface area (Å²) < 4.78 is 5.10. The smallest absolute Gasteiger partial charge is 0.134 e. The zero-order valence-corrected chi connectivity index (χ0v) is 17.6. The first-order chi connectivity index (χ1) is 14.7. The lowest BCUT2D eigenvalue weighted by Crippen LogP contribution is -2.24. The molecule has 3 aromatic rings. The minimum Gasteiger partial charge on any atom is -0.384 e. The number of ether oxygens (including phenoxy) is 1. The van der Waals surface area contributed by atoms with Gasteiger partial charge in [0.1, 0.15) is 17.5 Å². The topological polar surface area (TPSA) is 76.1 Å². The van der Waals surface area contributed by atoms with Gasteiger partial charge in [-0.3, -0.25) is 4.90 Å². The van der Waals surface area contributed by atoms with Gasteiger partial charge in [0.15, 0.2) is 0 Å². The van der Waals surface area contributed by atoms with Gasteiger partial charge in [0.25, 0.3) is 0 Å². The first-order valence-corrected chi connectivity index (χ1v) is 10.4. The van der Waals surface area contributed by atoms with Crippen LogP contribution in [0.5, 0.6) is 0 Å². The number of hydrogen-bond acceptors (Lipinski definition) is 7. The van der Waals surface area contributed by atoms with Crippen molar-refractivity contribution in [2.75, 3.05) is 25.6 Å². The third kappa shape index (κ3) is 4.98. The summed E-state index contributed by atoms with van der Waals surface area (Å²) >= 11 is 0. The van der Waals surface area contributed by atoms with Gasteiger partial charge in [-0.1, -0.05) is 12.1 Å². The molecule has 7 nitrogen and oxygen atoms in total. The Kier molecular flexibility index (Phi) is 6.61. The van der Waals surface area contributed by atoms with Crippen molar-refractivity contribution < 1.29 is 4.74 Å². The molecule has 3 aromatic heterocycles. The monoisotopic (exact) mass is 404 g/mol. The van der Waals surface area contributed by atoms with E-state index in [1.807, 2.05) is 37.5 Å². The Hall–Kier alpha value is -2.90. The maximum Gasteiger partial charge on any atom is 0.134 e. The molecular formula is C23H28N6O. The summed E-state index contributed by atoms with van der Waals surface area (Å²) in [4.78, 5) is 20.7. The molecule has 1 fully saturated rings. The molecule has 7 heteroatoms. The van der Waals surface area contributed by atoms with Crippen molar-refractivity contribution >= 4 is 11.6 Å². The van der Waals surface area contributed by atoms with Crippen molar-refractivity contribution in [3.63, 3.8) is 0 Å². The number of nitrogens with zero attached hydrogens (tertiary/aromatic N) is 5. The molecule has 0 unspecified atom stereocenters. The van der Waals surface area contributed by atoms with Crippen LogP contribution >= 0.6 is 0 Å². The Morgan fingerprint density at radius 3 is 2.80 bits per heavy atom. The fourth-order valence-electron chi connectivity index (χ4n) is 3.81. The summed E-state index contributed by atoms with van der Waals surface area (Å²) in [6.07, 6.45) is 8.66. The lowest BCUT2D eigenvalue weighted by atomic mass is 10.1. The molecule has 1 saturated heterocycles. The highest BCUT2D eigenvalue weighted by Crippen LogP contribution is 2.32. The summed E-state index contributed by atoms with van der Waals surface area (Å²) in [7, 11) is 1.69. The van der Waals surface area contributed by atoms with Crippen molar-refractivity contribution in [1.82, 2.24) is 24.8 Å². The van der Waals surface area contributed by atoms with Gasteiger partial charge in [0, 0.05) is 44.2 Å². The second-order valence-corrected chi connectivity index (χ2v) is 7.62. The van der Waals surface area contributed by atoms with Crippen molar-refractivity contribution in [1.29, 1.82) is 0 Å². The van der Waals surface area contributed by atoms with Crippen molar-refractivity contribution in [2.24, 2.45) is 0 Å². The summed E-state index contributed by atoms with van der Waals surface area (Å²) in [5.41, 5.74) is 3.31. The molecule has 0 saturated carbocycles. The molecule has 0 aromatic carbocycles. The van der Waals surface area contributed by atoms with Gasteiger partial charge in [-0.05, 0) is 50.1 Å². The molecule has 0 spiro atoms. The quantitative estimate of drug-likeness (QED) is 0.611. The summed E-state index contributed by atoms with van der Waals surface area (Å²) in [6, 6.07) is 10.4. The van der Waals surface area contributed by atoms with Gasteiger partial charge in [-0.15, -0.1) is 0 Å². The molecule has 0 radical (unpaired) electrons. The average Bonchev–Trinajstić information content (AvgIpc) is 3.23. The maximum atomic E-state index is 5.10. The lowest BCUT2D eigenvalue weighted by Gasteiger charge is -2.24. The molecule has 1 N–H and O–H groups in total. The van der Waals surface area contributed by atoms with Crippen LogP contribution in [0.2, 0.25) is 0 Å². The predicted molar refractivity (Wildman–Crippen MR) is 116 cm³/mol. The predicted octanol–water partition coefficient (Wildman–Crippen LogP) is 3.84. The molecule has 1 aliphatic heterocycles. The summed E-state index contributed by atoms with van der Waals surface area (Å²) in [5, 5.41) is 3.35. The highest BCUT2D eigenvalue weighted by Gasteiger charge is 2.27. The Morgan fingerprint density at radius 2 is 2.00 bits per heavy atom. The van der Waals surface area contributed by atoms with Crippen LogP contribution in [0.25, 0.3) is 0 Å². The second kappa shape index (κ2) is 9.73.